The van der Waals surface area contributed by atoms with E-state index < -0.39 is 12.1 Å². The van der Waals surface area contributed by atoms with Crippen LogP contribution in [0.3, 0.4) is 0 Å². The van der Waals surface area contributed by atoms with E-state index in [2.05, 4.69) is 21.2 Å². The van der Waals surface area contributed by atoms with Crippen molar-refractivity contribution in [3.8, 4) is 0 Å². The summed E-state index contributed by atoms with van der Waals surface area (Å²) < 4.78 is 17.2. The summed E-state index contributed by atoms with van der Waals surface area (Å²) in [5, 5.41) is 2.96. The Balaban J connectivity index is 1.54. The molecular formula is C24H28BrN3O6S. The summed E-state index contributed by atoms with van der Waals surface area (Å²) in [4.78, 5) is 42.5. The lowest BCUT2D eigenvalue weighted by molar-refractivity contribution is -0.128. The van der Waals surface area contributed by atoms with Crippen LogP contribution in [-0.2, 0) is 23.8 Å². The number of benzene rings is 1. The van der Waals surface area contributed by atoms with E-state index >= 15 is 0 Å². The number of carbonyl (C=O) groups is 3. The first-order chi connectivity index (χ1) is 16.9. The Morgan fingerprint density at radius 1 is 1.20 bits per heavy atom. The zero-order valence-corrected chi connectivity index (χ0v) is 22.0. The van der Waals surface area contributed by atoms with Crippen LogP contribution < -0.4 is 15.1 Å². The Morgan fingerprint density at radius 3 is 2.74 bits per heavy atom. The molecule has 3 amide bonds. The molecule has 2 unspecified atom stereocenters. The van der Waals surface area contributed by atoms with Crippen LogP contribution in [0.2, 0.25) is 0 Å². The van der Waals surface area contributed by atoms with Crippen LogP contribution in [0.15, 0.2) is 34.1 Å². The van der Waals surface area contributed by atoms with Crippen LogP contribution in [-0.4, -0.2) is 76.5 Å². The average Bonchev–Trinajstić information content (AvgIpc) is 3.32. The Bertz CT molecular complexity index is 1090. The second kappa shape index (κ2) is 11.6. The topological polar surface area (TPSA) is 97.4 Å². The third-order valence-corrected chi connectivity index (χ3v) is 7.58. The van der Waals surface area contributed by atoms with Gasteiger partial charge in [-0.2, -0.15) is 0 Å². The number of halogens is 1. The van der Waals surface area contributed by atoms with Crippen LogP contribution in [0.4, 0.5) is 11.4 Å². The number of aryl methyl sites for hydroxylation is 1. The van der Waals surface area contributed by atoms with Crippen molar-refractivity contribution in [2.24, 2.45) is 0 Å². The fraction of sp³-hybridized carbons (Fsp3) is 0.458. The molecule has 4 rings (SSSR count). The van der Waals surface area contributed by atoms with Gasteiger partial charge in [-0.05, 0) is 58.7 Å². The van der Waals surface area contributed by atoms with Crippen molar-refractivity contribution in [2.45, 2.75) is 25.5 Å². The Labute approximate surface area is 216 Å². The predicted molar refractivity (Wildman–Crippen MR) is 136 cm³/mol. The van der Waals surface area contributed by atoms with Gasteiger partial charge in [0, 0.05) is 31.6 Å². The Morgan fingerprint density at radius 2 is 2.03 bits per heavy atom. The lowest BCUT2D eigenvalue weighted by Gasteiger charge is -2.24. The van der Waals surface area contributed by atoms with Gasteiger partial charge in [0.15, 0.2) is 6.10 Å². The SMILES string of the molecule is COCCOC1C(=O)N(c2ccc(N3CCOCCC3=O)c(C)c2)CC1NC(=O)c1ccc(Br)s1. The van der Waals surface area contributed by atoms with Gasteiger partial charge in [-0.25, -0.2) is 0 Å². The summed E-state index contributed by atoms with van der Waals surface area (Å²) in [6.07, 6.45) is -0.490. The average molecular weight is 566 g/mol. The lowest BCUT2D eigenvalue weighted by Crippen LogP contribution is -2.45. The summed E-state index contributed by atoms with van der Waals surface area (Å²) in [5.41, 5.74) is 2.36. The molecule has 0 radical (unpaired) electrons. The number of hydrogen-bond acceptors (Lipinski definition) is 7. The van der Waals surface area contributed by atoms with Gasteiger partial charge in [0.1, 0.15) is 0 Å². The van der Waals surface area contributed by atoms with Gasteiger partial charge < -0.3 is 29.3 Å². The van der Waals surface area contributed by atoms with Gasteiger partial charge in [-0.1, -0.05) is 0 Å². The highest BCUT2D eigenvalue weighted by molar-refractivity contribution is 9.11. The maximum absolute atomic E-state index is 13.4. The number of carbonyl (C=O) groups excluding carboxylic acids is 3. The monoisotopic (exact) mass is 565 g/mol. The molecule has 0 aliphatic carbocycles. The molecule has 2 aromatic rings. The first-order valence-corrected chi connectivity index (χ1v) is 13.0. The number of methoxy groups -OCH3 is 1. The van der Waals surface area contributed by atoms with Crippen LogP contribution >= 0.6 is 27.3 Å². The van der Waals surface area contributed by atoms with E-state index in [1.54, 1.807) is 23.0 Å². The number of nitrogens with zero attached hydrogens (tertiary/aromatic N) is 2. The Hall–Kier alpha value is -2.31. The van der Waals surface area contributed by atoms with Crippen molar-refractivity contribution in [1.29, 1.82) is 0 Å². The van der Waals surface area contributed by atoms with Gasteiger partial charge in [-0.3, -0.25) is 14.4 Å². The molecule has 3 heterocycles. The molecule has 2 saturated heterocycles. The maximum atomic E-state index is 13.4. The molecule has 2 aliphatic rings. The van der Waals surface area contributed by atoms with Crippen LogP contribution in [0.25, 0.3) is 0 Å². The summed E-state index contributed by atoms with van der Waals surface area (Å²) in [5.74, 6) is -0.468. The zero-order valence-electron chi connectivity index (χ0n) is 19.6. The highest BCUT2D eigenvalue weighted by Gasteiger charge is 2.43. The molecule has 11 heteroatoms. The molecule has 35 heavy (non-hydrogen) atoms. The number of thiophene rings is 1. The van der Waals surface area contributed by atoms with Gasteiger partial charge >= 0.3 is 0 Å². The second-order valence-corrected chi connectivity index (χ2v) is 10.8. The van der Waals surface area contributed by atoms with Crippen molar-refractivity contribution in [3.05, 3.63) is 44.6 Å². The van der Waals surface area contributed by atoms with Gasteiger partial charge in [0.05, 0.1) is 47.6 Å². The summed E-state index contributed by atoms with van der Waals surface area (Å²) in [7, 11) is 1.56. The molecule has 1 aromatic heterocycles. The van der Waals surface area contributed by atoms with Crippen LogP contribution in [0.5, 0.6) is 0 Å². The molecule has 0 spiro atoms. The summed E-state index contributed by atoms with van der Waals surface area (Å²) in [6.45, 7) is 4.15. The van der Waals surface area contributed by atoms with E-state index in [-0.39, 0.29) is 30.9 Å². The van der Waals surface area contributed by atoms with Gasteiger partial charge in [-0.15, -0.1) is 11.3 Å². The molecule has 2 fully saturated rings. The third kappa shape index (κ3) is 5.92. The molecule has 1 N–H and O–H groups in total. The number of rotatable bonds is 8. The van der Waals surface area contributed by atoms with Gasteiger partial charge in [0.2, 0.25) is 5.91 Å². The number of hydrogen-bond donors (Lipinski definition) is 1. The van der Waals surface area contributed by atoms with E-state index in [9.17, 15) is 14.4 Å². The van der Waals surface area contributed by atoms with E-state index in [1.165, 1.54) is 11.3 Å². The minimum absolute atomic E-state index is 0.0187. The first kappa shape index (κ1) is 25.8. The highest BCUT2D eigenvalue weighted by atomic mass is 79.9. The van der Waals surface area contributed by atoms with Crippen LogP contribution in [0.1, 0.15) is 21.7 Å². The number of anilines is 2. The molecule has 2 aliphatic heterocycles. The minimum atomic E-state index is -0.832. The van der Waals surface area contributed by atoms with Crippen molar-refractivity contribution >= 4 is 56.4 Å². The predicted octanol–water partition coefficient (Wildman–Crippen LogP) is 2.75. The van der Waals surface area contributed by atoms with E-state index in [0.717, 1.165) is 15.0 Å². The fourth-order valence-electron chi connectivity index (χ4n) is 4.23. The van der Waals surface area contributed by atoms with Crippen molar-refractivity contribution in [1.82, 2.24) is 5.32 Å². The number of nitrogens with one attached hydrogen (secondary N) is 1. The largest absolute Gasteiger partial charge is 0.382 e. The van der Waals surface area contributed by atoms with Crippen LogP contribution in [0, 0.1) is 6.92 Å². The quantitative estimate of drug-likeness (QED) is 0.494. The molecule has 0 bridgehead atoms. The molecule has 9 nitrogen and oxygen atoms in total. The van der Waals surface area contributed by atoms with E-state index in [0.29, 0.717) is 43.4 Å². The zero-order chi connectivity index (χ0) is 24.9. The molecule has 2 atom stereocenters. The normalized spacial score (nSPS) is 20.9. The first-order valence-electron chi connectivity index (χ1n) is 11.4. The third-order valence-electron chi connectivity index (χ3n) is 5.96. The highest BCUT2D eigenvalue weighted by Crippen LogP contribution is 2.30. The summed E-state index contributed by atoms with van der Waals surface area (Å²) >= 11 is 4.70. The molecule has 1 aromatic carbocycles. The number of amides is 3. The van der Waals surface area contributed by atoms with E-state index in [1.807, 2.05) is 31.2 Å². The van der Waals surface area contributed by atoms with Gasteiger partial charge in [0.25, 0.3) is 11.8 Å². The Kier molecular flexibility index (Phi) is 8.55. The maximum Gasteiger partial charge on any atom is 0.261 e. The molecular weight excluding hydrogens is 538 g/mol. The second-order valence-electron chi connectivity index (χ2n) is 8.30. The molecule has 188 valence electrons. The van der Waals surface area contributed by atoms with Crippen molar-refractivity contribution in [2.75, 3.05) is 56.4 Å². The standard InChI is InChI=1S/C24H28BrN3O6S/c1-15-13-16(3-4-18(15)27-8-10-33-9-7-21(27)29)28-14-17(22(24(28)31)34-12-11-32-2)26-23(30)19-5-6-20(25)35-19/h3-6,13,17,22H,7-12,14H2,1-2H3,(H,26,30). The van der Waals surface area contributed by atoms with Crippen molar-refractivity contribution in [3.63, 3.8) is 0 Å². The number of ether oxygens (including phenoxy) is 3. The summed E-state index contributed by atoms with van der Waals surface area (Å²) in [6, 6.07) is 8.58. The minimum Gasteiger partial charge on any atom is -0.382 e. The molecule has 0 saturated carbocycles. The van der Waals surface area contributed by atoms with E-state index in [4.69, 9.17) is 14.2 Å². The smallest absolute Gasteiger partial charge is 0.261 e. The van der Waals surface area contributed by atoms with Crippen molar-refractivity contribution < 1.29 is 28.6 Å². The lowest BCUT2D eigenvalue weighted by atomic mass is 10.1. The fourth-order valence-corrected chi connectivity index (χ4v) is 5.52.